The van der Waals surface area contributed by atoms with Crippen LogP contribution in [0.4, 0.5) is 0 Å². The van der Waals surface area contributed by atoms with E-state index in [0.29, 0.717) is 0 Å². The van der Waals surface area contributed by atoms with Crippen LogP contribution < -0.4 is 0 Å². The summed E-state index contributed by atoms with van der Waals surface area (Å²) in [4.78, 5) is 9.80. The van der Waals surface area contributed by atoms with Crippen molar-refractivity contribution in [2.75, 3.05) is 21.3 Å². The molecule has 6 heteroatoms. The van der Waals surface area contributed by atoms with Crippen molar-refractivity contribution in [2.24, 2.45) is 4.66 Å². The second kappa shape index (κ2) is 9.56. The number of carbonyl (C=O) groups excluding carboxylic acids is 1. The molecular weight excluding hydrogens is 190 g/mol. The van der Waals surface area contributed by atoms with Crippen LogP contribution in [0.3, 0.4) is 0 Å². The zero-order valence-electron chi connectivity index (χ0n) is 8.79. The van der Waals surface area contributed by atoms with Gasteiger partial charge in [0, 0.05) is 21.3 Å². The highest BCUT2D eigenvalue weighted by atomic mass is 28.4. The summed E-state index contributed by atoms with van der Waals surface area (Å²) in [5.74, 6) is 0. The summed E-state index contributed by atoms with van der Waals surface area (Å²) in [7, 11) is 1.07. The quantitative estimate of drug-likeness (QED) is 0.394. The third kappa shape index (κ3) is 6.62. The standard InChI is InChI=1S/C4H9NO4Si.C3H8/c1-7-10(8-2,9-3)5-4-6;1-3-2/h1-3H3;3H2,1-2H3. The average molecular weight is 207 g/mol. The van der Waals surface area contributed by atoms with E-state index in [4.69, 9.17) is 13.3 Å². The van der Waals surface area contributed by atoms with Crippen molar-refractivity contribution in [3.05, 3.63) is 0 Å². The van der Waals surface area contributed by atoms with Crippen LogP contribution in [-0.4, -0.2) is 36.4 Å². The summed E-state index contributed by atoms with van der Waals surface area (Å²) < 4.78 is 17.5. The number of hydrogen-bond acceptors (Lipinski definition) is 5. The second-order valence-electron chi connectivity index (χ2n) is 2.05. The minimum absolute atomic E-state index is 1.25. The van der Waals surface area contributed by atoms with Gasteiger partial charge in [-0.15, -0.1) is 0 Å². The van der Waals surface area contributed by atoms with Gasteiger partial charge in [0.15, 0.2) is 0 Å². The van der Waals surface area contributed by atoms with E-state index in [2.05, 4.69) is 18.5 Å². The van der Waals surface area contributed by atoms with Crippen molar-refractivity contribution in [1.82, 2.24) is 0 Å². The van der Waals surface area contributed by atoms with Gasteiger partial charge in [0.2, 0.25) is 6.08 Å². The van der Waals surface area contributed by atoms with Crippen LogP contribution in [-0.2, 0) is 18.1 Å². The Labute approximate surface area is 80.2 Å². The van der Waals surface area contributed by atoms with Gasteiger partial charge in [0.05, 0.1) is 0 Å². The largest absolute Gasteiger partial charge is 0.662 e. The molecule has 0 bridgehead atoms. The second-order valence-corrected chi connectivity index (χ2v) is 4.54. The Morgan fingerprint density at radius 2 is 1.46 bits per heavy atom. The number of nitrogens with zero attached hydrogens (tertiary/aromatic N) is 1. The van der Waals surface area contributed by atoms with E-state index in [1.807, 2.05) is 0 Å². The van der Waals surface area contributed by atoms with Crippen LogP contribution in [0.5, 0.6) is 0 Å². The smallest absolute Gasteiger partial charge is 0.358 e. The maximum Gasteiger partial charge on any atom is 0.662 e. The Morgan fingerprint density at radius 3 is 1.54 bits per heavy atom. The first-order valence-electron chi connectivity index (χ1n) is 3.90. The molecule has 0 aliphatic heterocycles. The average Bonchev–Trinajstić information content (AvgIpc) is 2.16. The van der Waals surface area contributed by atoms with E-state index < -0.39 is 8.97 Å². The molecule has 0 saturated carbocycles. The molecule has 0 spiro atoms. The molecule has 5 nitrogen and oxygen atoms in total. The van der Waals surface area contributed by atoms with E-state index >= 15 is 0 Å². The first-order valence-corrected chi connectivity index (χ1v) is 5.57. The van der Waals surface area contributed by atoms with E-state index in [-0.39, 0.29) is 0 Å². The summed E-state index contributed by atoms with van der Waals surface area (Å²) in [5, 5.41) is 0. The first kappa shape index (κ1) is 15.0. The van der Waals surface area contributed by atoms with Crippen LogP contribution in [0.2, 0.25) is 0 Å². The van der Waals surface area contributed by atoms with Crippen molar-refractivity contribution in [3.8, 4) is 0 Å². The van der Waals surface area contributed by atoms with E-state index in [0.717, 1.165) is 0 Å². The van der Waals surface area contributed by atoms with Gasteiger partial charge in [-0.25, -0.2) is 4.79 Å². The fourth-order valence-electron chi connectivity index (χ4n) is 0.443. The summed E-state index contributed by atoms with van der Waals surface area (Å²) >= 11 is 0. The highest BCUT2D eigenvalue weighted by Gasteiger charge is 2.39. The number of isocyanates is 1. The Morgan fingerprint density at radius 1 is 1.15 bits per heavy atom. The lowest BCUT2D eigenvalue weighted by molar-refractivity contribution is 0.126. The van der Waals surface area contributed by atoms with Gasteiger partial charge in [-0.05, 0) is 0 Å². The fraction of sp³-hybridized carbons (Fsp3) is 0.857. The molecule has 0 fully saturated rings. The summed E-state index contributed by atoms with van der Waals surface area (Å²) in [6.45, 7) is 4.25. The van der Waals surface area contributed by atoms with Gasteiger partial charge in [-0.2, -0.15) is 4.66 Å². The highest BCUT2D eigenvalue weighted by molar-refractivity contribution is 6.59. The van der Waals surface area contributed by atoms with Gasteiger partial charge < -0.3 is 13.3 Å². The van der Waals surface area contributed by atoms with Gasteiger partial charge in [-0.3, -0.25) is 0 Å². The SMILES string of the molecule is CCC.CO[Si](N=C=O)(OC)OC. The van der Waals surface area contributed by atoms with Gasteiger partial charge in [-0.1, -0.05) is 20.3 Å². The fourth-order valence-corrected chi connectivity index (χ4v) is 1.33. The summed E-state index contributed by atoms with van der Waals surface area (Å²) in [6, 6.07) is 0. The molecule has 0 aromatic heterocycles. The molecule has 13 heavy (non-hydrogen) atoms. The van der Waals surface area contributed by atoms with Crippen LogP contribution in [0.15, 0.2) is 4.66 Å². The lowest BCUT2D eigenvalue weighted by atomic mass is 10.6. The Bertz CT molecular complexity index is 146. The normalized spacial score (nSPS) is 9.62. The van der Waals surface area contributed by atoms with Gasteiger partial charge in [0.25, 0.3) is 0 Å². The monoisotopic (exact) mass is 207 g/mol. The molecule has 0 N–H and O–H groups in total. The Hall–Kier alpha value is -0.523. The molecule has 78 valence electrons. The molecule has 0 heterocycles. The molecule has 0 unspecified atom stereocenters. The highest BCUT2D eigenvalue weighted by Crippen LogP contribution is 2.04. The molecule has 0 rings (SSSR count). The molecule has 0 aliphatic rings. The molecular formula is C7H17NO4Si. The summed E-state index contributed by atoms with van der Waals surface area (Å²) in [6.07, 6.45) is 2.57. The minimum atomic E-state index is -3.02. The van der Waals surface area contributed by atoms with E-state index in [1.54, 1.807) is 0 Å². The van der Waals surface area contributed by atoms with Crippen molar-refractivity contribution in [3.63, 3.8) is 0 Å². The van der Waals surface area contributed by atoms with Gasteiger partial charge >= 0.3 is 8.97 Å². The predicted molar refractivity (Wildman–Crippen MR) is 50.9 cm³/mol. The molecule has 0 radical (unpaired) electrons. The Kier molecular flexibility index (Phi) is 11.0. The number of hydrogen-bond donors (Lipinski definition) is 0. The van der Waals surface area contributed by atoms with Crippen molar-refractivity contribution in [2.45, 2.75) is 20.3 Å². The van der Waals surface area contributed by atoms with Crippen LogP contribution >= 0.6 is 0 Å². The molecule has 0 aliphatic carbocycles. The van der Waals surface area contributed by atoms with E-state index in [1.165, 1.54) is 33.8 Å². The van der Waals surface area contributed by atoms with E-state index in [9.17, 15) is 4.79 Å². The predicted octanol–water partition coefficient (Wildman–Crippen LogP) is 1.11. The number of rotatable bonds is 4. The lowest BCUT2D eigenvalue weighted by Gasteiger charge is -2.15. The topological polar surface area (TPSA) is 57.1 Å². The lowest BCUT2D eigenvalue weighted by Crippen LogP contribution is -2.40. The van der Waals surface area contributed by atoms with Crippen molar-refractivity contribution >= 4 is 15.0 Å². The third-order valence-electron chi connectivity index (χ3n) is 0.956. The maximum absolute atomic E-state index is 9.80. The zero-order valence-corrected chi connectivity index (χ0v) is 9.79. The third-order valence-corrected chi connectivity index (χ3v) is 2.87. The van der Waals surface area contributed by atoms with Gasteiger partial charge in [0.1, 0.15) is 0 Å². The molecule has 0 aromatic rings. The zero-order chi connectivity index (χ0) is 10.7. The Balaban J connectivity index is 0. The molecule has 0 aromatic carbocycles. The van der Waals surface area contributed by atoms with Crippen LogP contribution in [0.1, 0.15) is 20.3 Å². The van der Waals surface area contributed by atoms with Crippen LogP contribution in [0.25, 0.3) is 0 Å². The molecule has 0 amide bonds. The molecule has 0 saturated heterocycles. The van der Waals surface area contributed by atoms with Crippen LogP contribution in [0, 0.1) is 0 Å². The van der Waals surface area contributed by atoms with Crippen molar-refractivity contribution in [1.29, 1.82) is 0 Å². The molecule has 0 atom stereocenters. The van der Waals surface area contributed by atoms with Crippen molar-refractivity contribution < 1.29 is 18.1 Å². The minimum Gasteiger partial charge on any atom is -0.358 e. The first-order chi connectivity index (χ1) is 6.16. The summed E-state index contributed by atoms with van der Waals surface area (Å²) in [5.41, 5.74) is 0. The maximum atomic E-state index is 9.80.